The van der Waals surface area contributed by atoms with Crippen molar-refractivity contribution in [1.29, 1.82) is 0 Å². The van der Waals surface area contributed by atoms with E-state index in [-0.39, 0.29) is 5.41 Å². The molecule has 0 fully saturated rings. The van der Waals surface area contributed by atoms with Crippen molar-refractivity contribution in [2.75, 3.05) is 0 Å². The highest BCUT2D eigenvalue weighted by Crippen LogP contribution is 2.45. The molecule has 2 aromatic carbocycles. The Morgan fingerprint density at radius 2 is 1.90 bits per heavy atom. The fourth-order valence-electron chi connectivity index (χ4n) is 3.42. The third kappa shape index (κ3) is 2.51. The molecular weight excluding hydrogens is 242 g/mol. The van der Waals surface area contributed by atoms with Crippen molar-refractivity contribution in [2.45, 2.75) is 39.8 Å². The maximum Gasteiger partial charge on any atom is 0.0380 e. The molecule has 2 aromatic rings. The second-order valence-electron chi connectivity index (χ2n) is 6.67. The van der Waals surface area contributed by atoms with Crippen LogP contribution in [0.3, 0.4) is 0 Å². The van der Waals surface area contributed by atoms with Crippen molar-refractivity contribution in [3.05, 3.63) is 70.8 Å². The lowest BCUT2D eigenvalue weighted by Crippen LogP contribution is -2.30. The zero-order valence-corrected chi connectivity index (χ0v) is 12.6. The lowest BCUT2D eigenvalue weighted by Gasteiger charge is -2.29. The summed E-state index contributed by atoms with van der Waals surface area (Å²) in [6, 6.07) is 18.1. The van der Waals surface area contributed by atoms with E-state index < -0.39 is 0 Å². The van der Waals surface area contributed by atoms with E-state index in [0.29, 0.717) is 6.04 Å². The molecule has 0 amide bonds. The van der Waals surface area contributed by atoms with Gasteiger partial charge in [-0.25, -0.2) is 0 Å². The number of benzene rings is 2. The largest absolute Gasteiger partial charge is 0.305 e. The molecule has 0 heterocycles. The third-order valence-electron chi connectivity index (χ3n) is 4.39. The van der Waals surface area contributed by atoms with Crippen molar-refractivity contribution in [3.63, 3.8) is 0 Å². The molecule has 104 valence electrons. The molecule has 1 nitrogen and oxygen atoms in total. The van der Waals surface area contributed by atoms with Gasteiger partial charge in [0, 0.05) is 12.6 Å². The molecule has 0 bridgehead atoms. The highest BCUT2D eigenvalue weighted by Gasteiger charge is 2.38. The van der Waals surface area contributed by atoms with Crippen molar-refractivity contribution in [2.24, 2.45) is 5.41 Å². The molecule has 0 saturated heterocycles. The molecule has 3 rings (SSSR count). The van der Waals surface area contributed by atoms with Gasteiger partial charge in [0.1, 0.15) is 0 Å². The van der Waals surface area contributed by atoms with Crippen molar-refractivity contribution >= 4 is 0 Å². The molecule has 0 aliphatic heterocycles. The fourth-order valence-corrected chi connectivity index (χ4v) is 3.42. The van der Waals surface area contributed by atoms with E-state index in [1.54, 1.807) is 0 Å². The Kier molecular flexibility index (Phi) is 3.39. The van der Waals surface area contributed by atoms with Gasteiger partial charge in [0.05, 0.1) is 0 Å². The van der Waals surface area contributed by atoms with Gasteiger partial charge in [0.2, 0.25) is 0 Å². The van der Waals surface area contributed by atoms with Crippen LogP contribution < -0.4 is 5.32 Å². The number of aryl methyl sites for hydroxylation is 1. The van der Waals surface area contributed by atoms with Gasteiger partial charge in [-0.2, -0.15) is 0 Å². The number of hydrogen-bond acceptors (Lipinski definition) is 1. The summed E-state index contributed by atoms with van der Waals surface area (Å²) in [7, 11) is 0. The molecule has 1 atom stereocenters. The number of nitrogens with one attached hydrogen (secondary N) is 1. The topological polar surface area (TPSA) is 12.0 Å². The van der Waals surface area contributed by atoms with E-state index in [2.05, 4.69) is 74.6 Å². The van der Waals surface area contributed by atoms with Gasteiger partial charge < -0.3 is 5.32 Å². The standard InChI is InChI=1S/C19H23N/c1-14-7-6-8-15(11-14)13-20-18-17-10-5-4-9-16(17)12-19(18,2)3/h4-11,18,20H,12-13H2,1-3H3. The van der Waals surface area contributed by atoms with Crippen molar-refractivity contribution in [3.8, 4) is 0 Å². The smallest absolute Gasteiger partial charge is 0.0380 e. The van der Waals surface area contributed by atoms with Gasteiger partial charge in [-0.05, 0) is 35.4 Å². The summed E-state index contributed by atoms with van der Waals surface area (Å²) in [6.07, 6.45) is 1.16. The lowest BCUT2D eigenvalue weighted by molar-refractivity contribution is 0.268. The highest BCUT2D eigenvalue weighted by atomic mass is 14.9. The monoisotopic (exact) mass is 265 g/mol. The minimum Gasteiger partial charge on any atom is -0.305 e. The van der Waals surface area contributed by atoms with E-state index in [1.807, 2.05) is 0 Å². The van der Waals surface area contributed by atoms with Gasteiger partial charge in [0.25, 0.3) is 0 Å². The normalized spacial score (nSPS) is 19.9. The first kappa shape index (κ1) is 13.4. The Morgan fingerprint density at radius 3 is 2.70 bits per heavy atom. The van der Waals surface area contributed by atoms with Gasteiger partial charge in [-0.15, -0.1) is 0 Å². The molecule has 0 spiro atoms. The minimum atomic E-state index is 0.285. The summed E-state index contributed by atoms with van der Waals surface area (Å²) in [5.41, 5.74) is 5.96. The average Bonchev–Trinajstić information content (AvgIpc) is 2.66. The minimum absolute atomic E-state index is 0.285. The fraction of sp³-hybridized carbons (Fsp3) is 0.368. The molecular formula is C19H23N. The highest BCUT2D eigenvalue weighted by molar-refractivity contribution is 5.37. The van der Waals surface area contributed by atoms with E-state index in [9.17, 15) is 0 Å². The number of fused-ring (bicyclic) bond motifs is 1. The Bertz CT molecular complexity index is 613. The van der Waals surface area contributed by atoms with Gasteiger partial charge in [-0.1, -0.05) is 67.9 Å². The molecule has 0 aromatic heterocycles. The van der Waals surface area contributed by atoms with E-state index in [0.717, 1.165) is 13.0 Å². The summed E-state index contributed by atoms with van der Waals surface area (Å²) >= 11 is 0. The molecule has 1 aliphatic carbocycles. The van der Waals surface area contributed by atoms with Gasteiger partial charge >= 0.3 is 0 Å². The summed E-state index contributed by atoms with van der Waals surface area (Å²) in [5, 5.41) is 3.77. The Morgan fingerprint density at radius 1 is 1.10 bits per heavy atom. The van der Waals surface area contributed by atoms with Crippen LogP contribution in [0.15, 0.2) is 48.5 Å². The van der Waals surface area contributed by atoms with Crippen LogP contribution in [0.5, 0.6) is 0 Å². The zero-order chi connectivity index (χ0) is 14.2. The van der Waals surface area contributed by atoms with Crippen LogP contribution in [-0.4, -0.2) is 0 Å². The molecule has 0 saturated carbocycles. The Hall–Kier alpha value is -1.60. The first-order valence-electron chi connectivity index (χ1n) is 7.43. The lowest BCUT2D eigenvalue weighted by atomic mass is 9.85. The van der Waals surface area contributed by atoms with E-state index in [1.165, 1.54) is 22.3 Å². The van der Waals surface area contributed by atoms with Crippen LogP contribution in [0.2, 0.25) is 0 Å². The maximum absolute atomic E-state index is 3.77. The van der Waals surface area contributed by atoms with Crippen LogP contribution in [0.4, 0.5) is 0 Å². The van der Waals surface area contributed by atoms with E-state index in [4.69, 9.17) is 0 Å². The molecule has 1 aliphatic rings. The second-order valence-corrected chi connectivity index (χ2v) is 6.67. The molecule has 1 heteroatoms. The molecule has 1 N–H and O–H groups in total. The SMILES string of the molecule is Cc1cccc(CNC2c3ccccc3CC2(C)C)c1. The zero-order valence-electron chi connectivity index (χ0n) is 12.6. The van der Waals surface area contributed by atoms with Crippen LogP contribution >= 0.6 is 0 Å². The van der Waals surface area contributed by atoms with Gasteiger partial charge in [-0.3, -0.25) is 0 Å². The molecule has 1 unspecified atom stereocenters. The summed E-state index contributed by atoms with van der Waals surface area (Å²) in [6.45, 7) is 7.81. The molecule has 0 radical (unpaired) electrons. The first-order chi connectivity index (χ1) is 9.56. The van der Waals surface area contributed by atoms with Crippen molar-refractivity contribution < 1.29 is 0 Å². The third-order valence-corrected chi connectivity index (χ3v) is 4.39. The van der Waals surface area contributed by atoms with E-state index >= 15 is 0 Å². The summed E-state index contributed by atoms with van der Waals surface area (Å²) < 4.78 is 0. The second kappa shape index (κ2) is 5.06. The van der Waals surface area contributed by atoms with Crippen LogP contribution in [0.25, 0.3) is 0 Å². The molecule has 20 heavy (non-hydrogen) atoms. The first-order valence-corrected chi connectivity index (χ1v) is 7.43. The number of rotatable bonds is 3. The predicted molar refractivity (Wildman–Crippen MR) is 84.7 cm³/mol. The summed E-state index contributed by atoms with van der Waals surface area (Å²) in [5.74, 6) is 0. The quantitative estimate of drug-likeness (QED) is 0.867. The summed E-state index contributed by atoms with van der Waals surface area (Å²) in [4.78, 5) is 0. The van der Waals surface area contributed by atoms with Crippen LogP contribution in [0, 0.1) is 12.3 Å². The number of hydrogen-bond donors (Lipinski definition) is 1. The Balaban J connectivity index is 1.80. The Labute approximate surface area is 122 Å². The van der Waals surface area contributed by atoms with Crippen molar-refractivity contribution in [1.82, 2.24) is 5.32 Å². The average molecular weight is 265 g/mol. The predicted octanol–water partition coefficient (Wildman–Crippen LogP) is 4.41. The maximum atomic E-state index is 3.77. The van der Waals surface area contributed by atoms with Gasteiger partial charge in [0.15, 0.2) is 0 Å². The van der Waals surface area contributed by atoms with Crippen LogP contribution in [-0.2, 0) is 13.0 Å². The van der Waals surface area contributed by atoms with Crippen LogP contribution in [0.1, 0.15) is 42.1 Å².